The molecular formula is C26H36O6. The van der Waals surface area contributed by atoms with E-state index in [2.05, 4.69) is 6.08 Å². The summed E-state index contributed by atoms with van der Waals surface area (Å²) in [6.45, 7) is 2.66. The highest BCUT2D eigenvalue weighted by atomic mass is 16.5. The Morgan fingerprint density at radius 3 is 2.78 bits per heavy atom. The third-order valence-corrected chi connectivity index (χ3v) is 6.57. The van der Waals surface area contributed by atoms with Crippen molar-refractivity contribution in [3.05, 3.63) is 54.1 Å². The lowest BCUT2D eigenvalue weighted by molar-refractivity contribution is -0.142. The molecule has 1 aromatic carbocycles. The second kappa shape index (κ2) is 12.2. The number of carboxylic acids is 1. The molecule has 176 valence electrons. The van der Waals surface area contributed by atoms with Crippen molar-refractivity contribution in [1.29, 1.82) is 0 Å². The quantitative estimate of drug-likeness (QED) is 0.447. The summed E-state index contributed by atoms with van der Waals surface area (Å²) in [5.74, 6) is -0.261. The van der Waals surface area contributed by atoms with Crippen LogP contribution in [-0.2, 0) is 9.53 Å². The van der Waals surface area contributed by atoms with Crippen molar-refractivity contribution < 1.29 is 29.6 Å². The van der Waals surface area contributed by atoms with Crippen molar-refractivity contribution in [2.45, 2.75) is 63.8 Å². The molecule has 0 bridgehead atoms. The van der Waals surface area contributed by atoms with Crippen LogP contribution in [0.15, 0.2) is 54.1 Å². The van der Waals surface area contributed by atoms with Gasteiger partial charge in [0.2, 0.25) is 0 Å². The van der Waals surface area contributed by atoms with Crippen LogP contribution in [0.1, 0.15) is 45.4 Å². The first-order chi connectivity index (χ1) is 15.5. The van der Waals surface area contributed by atoms with Gasteiger partial charge in [-0.05, 0) is 49.3 Å². The zero-order valence-corrected chi connectivity index (χ0v) is 18.8. The summed E-state index contributed by atoms with van der Waals surface area (Å²) < 4.78 is 11.7. The molecule has 32 heavy (non-hydrogen) atoms. The van der Waals surface area contributed by atoms with Gasteiger partial charge in [-0.2, -0.15) is 0 Å². The molecule has 3 N–H and O–H groups in total. The molecule has 6 heteroatoms. The Hall–Kier alpha value is -2.15. The Morgan fingerprint density at radius 2 is 2.06 bits per heavy atom. The fraction of sp³-hybridized carbons (Fsp3) is 0.577. The topological polar surface area (TPSA) is 96.2 Å². The molecule has 0 radical (unpaired) electrons. The second-order valence-electron chi connectivity index (χ2n) is 8.93. The van der Waals surface area contributed by atoms with Gasteiger partial charge < -0.3 is 24.8 Å². The average molecular weight is 445 g/mol. The zero-order chi connectivity index (χ0) is 22.9. The highest BCUT2D eigenvalue weighted by Crippen LogP contribution is 2.40. The van der Waals surface area contributed by atoms with Crippen molar-refractivity contribution in [3.63, 3.8) is 0 Å². The Kier molecular flexibility index (Phi) is 9.33. The van der Waals surface area contributed by atoms with E-state index in [1.54, 1.807) is 6.08 Å². The van der Waals surface area contributed by atoms with Gasteiger partial charge in [0.25, 0.3) is 0 Å². The summed E-state index contributed by atoms with van der Waals surface area (Å²) in [4.78, 5) is 11.4. The number of aliphatic hydroxyl groups is 2. The highest BCUT2D eigenvalue weighted by Gasteiger charge is 2.42. The molecule has 0 spiro atoms. The molecule has 1 aliphatic carbocycles. The predicted octanol–water partition coefficient (Wildman–Crippen LogP) is 3.98. The van der Waals surface area contributed by atoms with E-state index in [9.17, 15) is 20.1 Å². The van der Waals surface area contributed by atoms with E-state index >= 15 is 0 Å². The van der Waals surface area contributed by atoms with E-state index < -0.39 is 18.2 Å². The lowest BCUT2D eigenvalue weighted by atomic mass is 9.89. The first-order valence-corrected chi connectivity index (χ1v) is 11.7. The largest absolute Gasteiger partial charge is 0.491 e. The van der Waals surface area contributed by atoms with Crippen LogP contribution in [0.4, 0.5) is 0 Å². The first-order valence-electron chi connectivity index (χ1n) is 11.7. The molecule has 3 rings (SSSR count). The van der Waals surface area contributed by atoms with Gasteiger partial charge in [-0.15, -0.1) is 0 Å². The smallest absolute Gasteiger partial charge is 0.306 e. The molecule has 6 atom stereocenters. The lowest BCUT2D eigenvalue weighted by Gasteiger charge is -2.20. The summed E-state index contributed by atoms with van der Waals surface area (Å²) in [6, 6.07) is 9.36. The number of hydrogen-bond acceptors (Lipinski definition) is 5. The Bertz CT molecular complexity index is 774. The van der Waals surface area contributed by atoms with E-state index in [1.165, 1.54) is 0 Å². The van der Waals surface area contributed by atoms with Crippen molar-refractivity contribution >= 4 is 5.97 Å². The van der Waals surface area contributed by atoms with Crippen molar-refractivity contribution in [2.24, 2.45) is 17.8 Å². The summed E-state index contributed by atoms with van der Waals surface area (Å²) >= 11 is 0. The minimum absolute atomic E-state index is 0.0305. The molecular weight excluding hydrogens is 408 g/mol. The molecule has 1 saturated carbocycles. The summed E-state index contributed by atoms with van der Waals surface area (Å²) in [5, 5.41) is 30.2. The maximum absolute atomic E-state index is 11.4. The summed E-state index contributed by atoms with van der Waals surface area (Å²) in [5.41, 5.74) is 1.15. The van der Waals surface area contributed by atoms with Crippen LogP contribution in [-0.4, -0.2) is 52.8 Å². The molecule has 0 aromatic heterocycles. The summed E-state index contributed by atoms with van der Waals surface area (Å²) in [7, 11) is 0. The number of fused-ring (bicyclic) bond motifs is 1. The minimum Gasteiger partial charge on any atom is -0.491 e. The van der Waals surface area contributed by atoms with Crippen LogP contribution >= 0.6 is 0 Å². The van der Waals surface area contributed by atoms with Crippen LogP contribution in [0.25, 0.3) is 0 Å². The third kappa shape index (κ3) is 6.92. The van der Waals surface area contributed by atoms with Crippen LogP contribution in [0.3, 0.4) is 0 Å². The van der Waals surface area contributed by atoms with E-state index in [4.69, 9.17) is 9.47 Å². The van der Waals surface area contributed by atoms with Crippen LogP contribution in [0.5, 0.6) is 5.75 Å². The molecule has 1 unspecified atom stereocenters. The van der Waals surface area contributed by atoms with E-state index in [1.807, 2.05) is 43.3 Å². The highest BCUT2D eigenvalue weighted by molar-refractivity contribution is 5.69. The average Bonchev–Trinajstić information content (AvgIpc) is 2.95. The standard InChI is InChI=1S/C26H36O6/c1-2-6-19(26(29)30)11-9-18-10-13-23-22(24(28)15-25(23)32-16-18)14-12-20(27)17-31-21-7-4-3-5-8-21/h3-5,7-8,10,12,14,19-20,22-25,27-28H,2,6,9,11,13,15-17H2,1H3,(H,29,30)/t19?,20-,22-,23-,24-,25-/m1/s1. The Morgan fingerprint density at radius 1 is 1.28 bits per heavy atom. The third-order valence-electron chi connectivity index (χ3n) is 6.57. The number of carbonyl (C=O) groups is 1. The first kappa shape index (κ1) is 24.5. The Labute approximate surface area is 190 Å². The van der Waals surface area contributed by atoms with Gasteiger partial charge in [0, 0.05) is 12.3 Å². The fourth-order valence-electron chi connectivity index (χ4n) is 4.73. The molecule has 1 heterocycles. The maximum atomic E-state index is 11.4. The van der Waals surface area contributed by atoms with Crippen LogP contribution in [0, 0.1) is 17.8 Å². The SMILES string of the molecule is CCCC(CCC1=CC[C@@H]2[C@@H](C=C[C@@H](O)COc3ccccc3)[C@H](O)C[C@H]2OC1)C(=O)O. The van der Waals surface area contributed by atoms with Gasteiger partial charge in [-0.25, -0.2) is 0 Å². The molecule has 2 aliphatic rings. The normalized spacial score (nSPS) is 27.4. The zero-order valence-electron chi connectivity index (χ0n) is 18.8. The number of aliphatic carboxylic acids is 1. The number of allylic oxidation sites excluding steroid dienone is 1. The van der Waals surface area contributed by atoms with Crippen LogP contribution in [0.2, 0.25) is 0 Å². The number of carboxylic acid groups (broad SMARTS) is 1. The number of para-hydroxylation sites is 1. The predicted molar refractivity (Wildman–Crippen MR) is 122 cm³/mol. The molecule has 1 aliphatic heterocycles. The molecule has 0 amide bonds. The number of benzene rings is 1. The van der Waals surface area contributed by atoms with Gasteiger partial charge in [-0.3, -0.25) is 4.79 Å². The number of ether oxygens (including phenoxy) is 2. The number of hydrogen-bond donors (Lipinski definition) is 3. The van der Waals surface area contributed by atoms with Crippen LogP contribution < -0.4 is 4.74 Å². The van der Waals surface area contributed by atoms with E-state index in [0.29, 0.717) is 31.6 Å². The number of rotatable bonds is 11. The minimum atomic E-state index is -0.759. The van der Waals surface area contributed by atoms with Crippen molar-refractivity contribution in [2.75, 3.05) is 13.2 Å². The lowest BCUT2D eigenvalue weighted by Crippen LogP contribution is -2.22. The van der Waals surface area contributed by atoms with Gasteiger partial charge >= 0.3 is 5.97 Å². The van der Waals surface area contributed by atoms with Gasteiger partial charge in [0.1, 0.15) is 18.5 Å². The molecule has 1 aromatic rings. The number of aliphatic hydroxyl groups excluding tert-OH is 2. The van der Waals surface area contributed by atoms with Gasteiger partial charge in [0.05, 0.1) is 24.7 Å². The fourth-order valence-corrected chi connectivity index (χ4v) is 4.73. The van der Waals surface area contributed by atoms with Gasteiger partial charge in [0.15, 0.2) is 0 Å². The van der Waals surface area contributed by atoms with E-state index in [0.717, 1.165) is 24.8 Å². The monoisotopic (exact) mass is 444 g/mol. The molecule has 6 nitrogen and oxygen atoms in total. The second-order valence-corrected chi connectivity index (χ2v) is 8.93. The molecule has 0 saturated heterocycles. The summed E-state index contributed by atoms with van der Waals surface area (Å²) in [6.07, 6.45) is 8.77. The maximum Gasteiger partial charge on any atom is 0.306 e. The van der Waals surface area contributed by atoms with Crippen molar-refractivity contribution in [3.8, 4) is 5.75 Å². The van der Waals surface area contributed by atoms with Gasteiger partial charge in [-0.1, -0.05) is 49.8 Å². The van der Waals surface area contributed by atoms with Crippen molar-refractivity contribution in [1.82, 2.24) is 0 Å². The van der Waals surface area contributed by atoms with E-state index in [-0.39, 0.29) is 30.5 Å². The Balaban J connectivity index is 1.53. The molecule has 1 fully saturated rings.